The van der Waals surface area contributed by atoms with E-state index in [0.29, 0.717) is 31.9 Å². The molecule has 158 valence electrons. The monoisotopic (exact) mass is 409 g/mol. The Balaban J connectivity index is 1.58. The van der Waals surface area contributed by atoms with Gasteiger partial charge in [0.25, 0.3) is 5.91 Å². The van der Waals surface area contributed by atoms with Crippen molar-refractivity contribution in [1.29, 1.82) is 0 Å². The second-order valence-electron chi connectivity index (χ2n) is 8.02. The van der Waals surface area contributed by atoms with Crippen LogP contribution in [0.4, 0.5) is 0 Å². The molecule has 2 aliphatic rings. The lowest BCUT2D eigenvalue weighted by molar-refractivity contribution is -0.137. The predicted molar refractivity (Wildman–Crippen MR) is 111 cm³/mol. The highest BCUT2D eigenvalue weighted by Gasteiger charge is 2.50. The highest BCUT2D eigenvalue weighted by Crippen LogP contribution is 2.46. The maximum Gasteiger partial charge on any atom is 0.272 e. The number of aromatic hydroxyl groups is 1. The Hall–Kier alpha value is -2.93. The molecule has 2 aliphatic heterocycles. The second-order valence-corrected chi connectivity index (χ2v) is 8.02. The standard InChI is InChI=1S/C23H27N3O4/c1-3-30-14-21(28)26-12-16-11-25(23(29)20-9-8-17(27)10-24-20)13-19(16)22(26)18-7-5-4-6-15(18)2/h4-10,16,19,22,27H,3,11-14H2,1-2H3/t16-,19-,22+/m0/s1. The van der Waals surface area contributed by atoms with Gasteiger partial charge in [-0.05, 0) is 37.1 Å². The molecule has 2 amide bonds. The number of amides is 2. The van der Waals surface area contributed by atoms with Crippen molar-refractivity contribution in [2.45, 2.75) is 19.9 Å². The highest BCUT2D eigenvalue weighted by molar-refractivity contribution is 5.92. The summed E-state index contributed by atoms with van der Waals surface area (Å²) in [6.45, 7) is 6.30. The summed E-state index contributed by atoms with van der Waals surface area (Å²) in [4.78, 5) is 33.6. The Kier molecular flexibility index (Phi) is 5.72. The van der Waals surface area contributed by atoms with E-state index < -0.39 is 0 Å². The normalized spacial score (nSPS) is 22.9. The smallest absolute Gasteiger partial charge is 0.272 e. The zero-order chi connectivity index (χ0) is 21.3. The molecule has 0 bridgehead atoms. The van der Waals surface area contributed by atoms with Crippen molar-refractivity contribution in [2.24, 2.45) is 11.8 Å². The summed E-state index contributed by atoms with van der Waals surface area (Å²) >= 11 is 0. The summed E-state index contributed by atoms with van der Waals surface area (Å²) in [5.41, 5.74) is 2.60. The van der Waals surface area contributed by atoms with E-state index in [1.807, 2.05) is 28.9 Å². The van der Waals surface area contributed by atoms with Crippen LogP contribution in [-0.2, 0) is 9.53 Å². The molecule has 1 N–H and O–H groups in total. The number of rotatable bonds is 5. The van der Waals surface area contributed by atoms with E-state index in [0.717, 1.165) is 11.1 Å². The number of carbonyl (C=O) groups excluding carboxylic acids is 2. The van der Waals surface area contributed by atoms with Gasteiger partial charge in [-0.3, -0.25) is 9.59 Å². The lowest BCUT2D eigenvalue weighted by Gasteiger charge is -2.31. The van der Waals surface area contributed by atoms with Crippen molar-refractivity contribution in [3.05, 3.63) is 59.4 Å². The molecule has 7 heteroatoms. The van der Waals surface area contributed by atoms with E-state index in [9.17, 15) is 14.7 Å². The minimum absolute atomic E-state index is 0.00224. The van der Waals surface area contributed by atoms with E-state index in [1.165, 1.54) is 12.3 Å². The first kappa shape index (κ1) is 20.3. The Bertz CT molecular complexity index is 930. The first-order chi connectivity index (χ1) is 14.5. The molecule has 3 heterocycles. The number of hydrogen-bond acceptors (Lipinski definition) is 5. The molecule has 2 fully saturated rings. The van der Waals surface area contributed by atoms with Gasteiger partial charge >= 0.3 is 0 Å². The van der Waals surface area contributed by atoms with Gasteiger partial charge in [0.15, 0.2) is 0 Å². The minimum Gasteiger partial charge on any atom is -0.506 e. The topological polar surface area (TPSA) is 83.0 Å². The first-order valence-electron chi connectivity index (χ1n) is 10.4. The van der Waals surface area contributed by atoms with Gasteiger partial charge in [0, 0.05) is 38.1 Å². The van der Waals surface area contributed by atoms with Crippen molar-refractivity contribution in [3.63, 3.8) is 0 Å². The molecule has 1 aromatic heterocycles. The third kappa shape index (κ3) is 3.77. The number of pyridine rings is 1. The molecule has 2 aromatic rings. The van der Waals surface area contributed by atoms with Crippen molar-refractivity contribution in [1.82, 2.24) is 14.8 Å². The van der Waals surface area contributed by atoms with Gasteiger partial charge in [-0.15, -0.1) is 0 Å². The summed E-state index contributed by atoms with van der Waals surface area (Å²) < 4.78 is 5.39. The fraction of sp³-hybridized carbons (Fsp3) is 0.435. The van der Waals surface area contributed by atoms with Gasteiger partial charge in [0.1, 0.15) is 18.1 Å². The minimum atomic E-state index is -0.139. The zero-order valence-corrected chi connectivity index (χ0v) is 17.3. The second kappa shape index (κ2) is 8.44. The molecule has 0 aliphatic carbocycles. The van der Waals surface area contributed by atoms with Crippen LogP contribution in [0.1, 0.15) is 34.6 Å². The average molecular weight is 409 g/mol. The van der Waals surface area contributed by atoms with E-state index in [2.05, 4.69) is 24.0 Å². The van der Waals surface area contributed by atoms with Gasteiger partial charge in [0.05, 0.1) is 12.2 Å². The quantitative estimate of drug-likeness (QED) is 0.820. The lowest BCUT2D eigenvalue weighted by atomic mass is 9.87. The molecular formula is C23H27N3O4. The Morgan fingerprint density at radius 1 is 1.17 bits per heavy atom. The molecule has 3 atom stereocenters. The number of aryl methyl sites for hydroxylation is 1. The highest BCUT2D eigenvalue weighted by atomic mass is 16.5. The molecule has 0 radical (unpaired) electrons. The molecule has 2 saturated heterocycles. The van der Waals surface area contributed by atoms with E-state index >= 15 is 0 Å². The van der Waals surface area contributed by atoms with Crippen LogP contribution in [-0.4, -0.2) is 64.6 Å². The number of hydrogen-bond donors (Lipinski definition) is 1. The van der Waals surface area contributed by atoms with E-state index in [4.69, 9.17) is 4.74 Å². The predicted octanol–water partition coefficient (Wildman–Crippen LogP) is 2.40. The van der Waals surface area contributed by atoms with Crippen LogP contribution in [0.5, 0.6) is 5.75 Å². The number of aromatic nitrogens is 1. The van der Waals surface area contributed by atoms with E-state index in [-0.39, 0.29) is 42.0 Å². The molecule has 30 heavy (non-hydrogen) atoms. The van der Waals surface area contributed by atoms with Crippen LogP contribution in [0.25, 0.3) is 0 Å². The largest absolute Gasteiger partial charge is 0.506 e. The van der Waals surface area contributed by atoms with Crippen LogP contribution >= 0.6 is 0 Å². The maximum atomic E-state index is 12.9. The van der Waals surface area contributed by atoms with Crippen molar-refractivity contribution in [2.75, 3.05) is 32.8 Å². The van der Waals surface area contributed by atoms with E-state index in [1.54, 1.807) is 6.07 Å². The van der Waals surface area contributed by atoms with Crippen LogP contribution in [0.15, 0.2) is 42.6 Å². The SMILES string of the molecule is CCOCC(=O)N1C[C@@H]2CN(C(=O)c3ccc(O)cn3)C[C@@H]2[C@H]1c1ccccc1C. The molecule has 1 aromatic carbocycles. The van der Waals surface area contributed by atoms with Gasteiger partial charge in [-0.25, -0.2) is 4.98 Å². The number of ether oxygens (including phenoxy) is 1. The number of fused-ring (bicyclic) bond motifs is 1. The molecule has 7 nitrogen and oxygen atoms in total. The summed E-state index contributed by atoms with van der Waals surface area (Å²) in [6, 6.07) is 11.1. The van der Waals surface area contributed by atoms with Crippen molar-refractivity contribution < 1.29 is 19.4 Å². The lowest BCUT2D eigenvalue weighted by Crippen LogP contribution is -2.39. The van der Waals surface area contributed by atoms with Gasteiger partial charge < -0.3 is 19.6 Å². The fourth-order valence-corrected chi connectivity index (χ4v) is 4.73. The average Bonchev–Trinajstić information content (AvgIpc) is 3.31. The molecule has 0 spiro atoms. The van der Waals surface area contributed by atoms with Gasteiger partial charge in [-0.2, -0.15) is 0 Å². The third-order valence-electron chi connectivity index (χ3n) is 6.18. The molecular weight excluding hydrogens is 382 g/mol. The Morgan fingerprint density at radius 3 is 2.67 bits per heavy atom. The molecule has 0 saturated carbocycles. The van der Waals surface area contributed by atoms with Gasteiger partial charge in [-0.1, -0.05) is 24.3 Å². The Labute approximate surface area is 176 Å². The molecule has 0 unspecified atom stereocenters. The van der Waals surface area contributed by atoms with Crippen LogP contribution in [0.2, 0.25) is 0 Å². The van der Waals surface area contributed by atoms with Crippen LogP contribution in [0, 0.1) is 18.8 Å². The number of carbonyl (C=O) groups is 2. The summed E-state index contributed by atoms with van der Waals surface area (Å²) in [5.74, 6) is 0.268. The van der Waals surface area contributed by atoms with Crippen LogP contribution < -0.4 is 0 Å². The summed E-state index contributed by atoms with van der Waals surface area (Å²) in [5, 5.41) is 9.43. The number of nitrogens with zero attached hydrogens (tertiary/aromatic N) is 3. The zero-order valence-electron chi connectivity index (χ0n) is 17.3. The number of benzene rings is 1. The van der Waals surface area contributed by atoms with Crippen molar-refractivity contribution >= 4 is 11.8 Å². The summed E-state index contributed by atoms with van der Waals surface area (Å²) in [6.07, 6.45) is 1.29. The van der Waals surface area contributed by atoms with Crippen LogP contribution in [0.3, 0.4) is 0 Å². The fourth-order valence-electron chi connectivity index (χ4n) is 4.73. The molecule has 4 rings (SSSR count). The number of likely N-dealkylation sites (tertiary alicyclic amines) is 2. The first-order valence-corrected chi connectivity index (χ1v) is 10.4. The third-order valence-corrected chi connectivity index (χ3v) is 6.18. The van der Waals surface area contributed by atoms with Crippen molar-refractivity contribution in [3.8, 4) is 5.75 Å². The summed E-state index contributed by atoms with van der Waals surface area (Å²) in [7, 11) is 0. The van der Waals surface area contributed by atoms with Gasteiger partial charge in [0.2, 0.25) is 5.91 Å². The maximum absolute atomic E-state index is 12.9. The Morgan fingerprint density at radius 2 is 1.97 bits per heavy atom.